The molecule has 0 spiro atoms. The third-order valence-electron chi connectivity index (χ3n) is 3.13. The fourth-order valence-electron chi connectivity index (χ4n) is 2.02. The van der Waals surface area contributed by atoms with Crippen LogP contribution >= 0.6 is 11.3 Å². The van der Waals surface area contributed by atoms with E-state index in [0.717, 1.165) is 5.69 Å². The third kappa shape index (κ3) is 2.71. The van der Waals surface area contributed by atoms with Crippen LogP contribution in [0.3, 0.4) is 0 Å². The van der Waals surface area contributed by atoms with Gasteiger partial charge >= 0.3 is 5.97 Å². The largest absolute Gasteiger partial charge is 0.456 e. The maximum atomic E-state index is 12.0. The van der Waals surface area contributed by atoms with Crippen molar-refractivity contribution in [2.24, 2.45) is 0 Å². The Balaban J connectivity index is 1.77. The average molecular weight is 315 g/mol. The van der Waals surface area contributed by atoms with Crippen molar-refractivity contribution >= 4 is 28.0 Å². The quantitative estimate of drug-likeness (QED) is 0.590. The van der Waals surface area contributed by atoms with Gasteiger partial charge in [-0.1, -0.05) is 0 Å². The first-order valence-corrected chi connectivity index (χ1v) is 7.42. The van der Waals surface area contributed by atoms with Gasteiger partial charge in [0.1, 0.15) is 6.61 Å². The van der Waals surface area contributed by atoms with Crippen LogP contribution in [0.1, 0.15) is 21.7 Å². The molecule has 0 unspecified atom stereocenters. The molecule has 0 aliphatic heterocycles. The van der Waals surface area contributed by atoms with Crippen molar-refractivity contribution in [3.8, 4) is 0 Å². The summed E-state index contributed by atoms with van der Waals surface area (Å²) in [6.07, 6.45) is 0. The van der Waals surface area contributed by atoms with Crippen molar-refractivity contribution in [2.45, 2.75) is 13.5 Å². The monoisotopic (exact) mass is 315 g/mol. The molecule has 0 aliphatic rings. The molecule has 0 radical (unpaired) electrons. The van der Waals surface area contributed by atoms with Crippen molar-refractivity contribution in [2.75, 3.05) is 5.73 Å². The molecule has 0 aliphatic carbocycles. The lowest BCUT2D eigenvalue weighted by Crippen LogP contribution is -2.16. The minimum absolute atomic E-state index is 0.0497. The summed E-state index contributed by atoms with van der Waals surface area (Å²) in [5.74, 6) is -0.482. The molecule has 0 atom stereocenters. The van der Waals surface area contributed by atoms with E-state index in [1.807, 2.05) is 12.3 Å². The number of carbonyl (C=O) groups excluding carboxylic acids is 1. The molecule has 22 heavy (non-hydrogen) atoms. The molecular formula is C15H13N3O3S. The molecule has 2 aromatic heterocycles. The van der Waals surface area contributed by atoms with Gasteiger partial charge in [-0.05, 0) is 31.2 Å². The smallest absolute Gasteiger partial charge is 0.338 e. The van der Waals surface area contributed by atoms with Crippen LogP contribution < -0.4 is 11.3 Å². The molecular weight excluding hydrogens is 302 g/mol. The average Bonchev–Trinajstić information content (AvgIpc) is 2.87. The van der Waals surface area contributed by atoms with Crippen molar-refractivity contribution < 1.29 is 9.53 Å². The summed E-state index contributed by atoms with van der Waals surface area (Å²) >= 11 is 1.37. The summed E-state index contributed by atoms with van der Waals surface area (Å²) < 4.78 is 6.70. The van der Waals surface area contributed by atoms with E-state index in [9.17, 15) is 9.59 Å². The van der Waals surface area contributed by atoms with Gasteiger partial charge in [0.15, 0.2) is 4.96 Å². The number of thiazole rings is 1. The van der Waals surface area contributed by atoms with Gasteiger partial charge < -0.3 is 10.5 Å². The number of anilines is 1. The number of esters is 1. The first-order valence-electron chi connectivity index (χ1n) is 6.54. The van der Waals surface area contributed by atoms with E-state index >= 15 is 0 Å². The van der Waals surface area contributed by atoms with Crippen molar-refractivity contribution in [1.29, 1.82) is 0 Å². The normalized spacial score (nSPS) is 10.8. The van der Waals surface area contributed by atoms with Gasteiger partial charge in [0.25, 0.3) is 5.56 Å². The van der Waals surface area contributed by atoms with E-state index in [4.69, 9.17) is 10.5 Å². The third-order valence-corrected chi connectivity index (χ3v) is 4.07. The summed E-state index contributed by atoms with van der Waals surface area (Å²) in [6, 6.07) is 7.81. The van der Waals surface area contributed by atoms with Crippen molar-refractivity contribution in [3.05, 3.63) is 63.0 Å². The van der Waals surface area contributed by atoms with Gasteiger partial charge in [0, 0.05) is 22.8 Å². The highest BCUT2D eigenvalue weighted by Gasteiger charge is 2.10. The molecule has 112 valence electrons. The predicted octanol–water partition coefficient (Wildman–Crippen LogP) is 2.00. The Labute approximate surface area is 129 Å². The lowest BCUT2D eigenvalue weighted by molar-refractivity contribution is 0.0468. The number of aromatic nitrogens is 2. The SMILES string of the molecule is Cc1csc2nc(COC(=O)c3ccc(N)cc3)cc(=O)n12. The van der Waals surface area contributed by atoms with Gasteiger partial charge in [-0.25, -0.2) is 9.78 Å². The van der Waals surface area contributed by atoms with Crippen LogP contribution in [-0.2, 0) is 11.3 Å². The summed E-state index contributed by atoms with van der Waals surface area (Å²) in [7, 11) is 0. The highest BCUT2D eigenvalue weighted by Crippen LogP contribution is 2.12. The minimum Gasteiger partial charge on any atom is -0.456 e. The number of nitrogen functional groups attached to an aromatic ring is 1. The number of carbonyl (C=O) groups is 1. The molecule has 3 aromatic rings. The fraction of sp³-hybridized carbons (Fsp3) is 0.133. The molecule has 7 heteroatoms. The summed E-state index contributed by atoms with van der Waals surface area (Å²) in [6.45, 7) is 1.79. The Kier molecular flexibility index (Phi) is 3.64. The Hall–Kier alpha value is -2.67. The van der Waals surface area contributed by atoms with Gasteiger partial charge in [-0.15, -0.1) is 11.3 Å². The first kappa shape index (κ1) is 14.3. The van der Waals surface area contributed by atoms with Crippen molar-refractivity contribution in [1.82, 2.24) is 9.38 Å². The van der Waals surface area contributed by atoms with Crippen LogP contribution in [0, 0.1) is 6.92 Å². The predicted molar refractivity (Wildman–Crippen MR) is 84.0 cm³/mol. The molecule has 0 saturated heterocycles. The maximum absolute atomic E-state index is 12.0. The minimum atomic E-state index is -0.482. The highest BCUT2D eigenvalue weighted by atomic mass is 32.1. The van der Waals surface area contributed by atoms with E-state index in [-0.39, 0.29) is 12.2 Å². The van der Waals surface area contributed by atoms with Crippen molar-refractivity contribution in [3.63, 3.8) is 0 Å². The van der Waals surface area contributed by atoms with E-state index in [1.54, 1.807) is 24.3 Å². The number of hydrogen-bond acceptors (Lipinski definition) is 6. The van der Waals surface area contributed by atoms with E-state index in [1.165, 1.54) is 21.8 Å². The lowest BCUT2D eigenvalue weighted by atomic mass is 10.2. The van der Waals surface area contributed by atoms with Gasteiger partial charge in [-0.3, -0.25) is 9.20 Å². The zero-order chi connectivity index (χ0) is 15.7. The topological polar surface area (TPSA) is 86.7 Å². The van der Waals surface area contributed by atoms with Crippen LogP contribution in [0.15, 0.2) is 40.5 Å². The fourth-order valence-corrected chi connectivity index (χ4v) is 2.91. The van der Waals surface area contributed by atoms with E-state index < -0.39 is 5.97 Å². The molecule has 1 aromatic carbocycles. The summed E-state index contributed by atoms with van der Waals surface area (Å²) in [5, 5.41) is 1.86. The lowest BCUT2D eigenvalue weighted by Gasteiger charge is -2.05. The van der Waals surface area contributed by atoms with Crippen LogP contribution in [-0.4, -0.2) is 15.4 Å². The van der Waals surface area contributed by atoms with Crippen LogP contribution in [0.4, 0.5) is 5.69 Å². The molecule has 0 amide bonds. The Morgan fingerprint density at radius 1 is 1.36 bits per heavy atom. The summed E-state index contributed by atoms with van der Waals surface area (Å²) in [4.78, 5) is 28.8. The van der Waals surface area contributed by atoms with E-state index in [2.05, 4.69) is 4.98 Å². The van der Waals surface area contributed by atoms with Crippen LogP contribution in [0.25, 0.3) is 4.96 Å². The van der Waals surface area contributed by atoms with E-state index in [0.29, 0.717) is 21.9 Å². The second kappa shape index (κ2) is 5.61. The molecule has 0 fully saturated rings. The standard InChI is InChI=1S/C15H13N3O3S/c1-9-8-22-15-17-12(6-13(19)18(9)15)7-21-14(20)10-2-4-11(16)5-3-10/h2-6,8H,7,16H2,1H3. The Morgan fingerprint density at radius 3 is 2.82 bits per heavy atom. The zero-order valence-corrected chi connectivity index (χ0v) is 12.6. The molecule has 0 saturated carbocycles. The molecule has 0 bridgehead atoms. The summed E-state index contributed by atoms with van der Waals surface area (Å²) in [5.41, 5.74) is 7.63. The maximum Gasteiger partial charge on any atom is 0.338 e. The second-order valence-electron chi connectivity index (χ2n) is 4.78. The zero-order valence-electron chi connectivity index (χ0n) is 11.8. The number of fused-ring (bicyclic) bond motifs is 1. The Bertz CT molecular complexity index is 897. The number of rotatable bonds is 3. The molecule has 6 nitrogen and oxygen atoms in total. The van der Waals surface area contributed by atoms with Crippen LogP contribution in [0.2, 0.25) is 0 Å². The number of hydrogen-bond donors (Lipinski definition) is 1. The number of benzene rings is 1. The van der Waals surface area contributed by atoms with Gasteiger partial charge in [0.2, 0.25) is 0 Å². The van der Waals surface area contributed by atoms with Crippen LogP contribution in [0.5, 0.6) is 0 Å². The molecule has 3 rings (SSSR count). The number of aryl methyl sites for hydroxylation is 1. The number of nitrogens with two attached hydrogens (primary N) is 1. The van der Waals surface area contributed by atoms with Gasteiger partial charge in [-0.2, -0.15) is 0 Å². The Morgan fingerprint density at radius 2 is 2.09 bits per heavy atom. The molecule has 2 N–H and O–H groups in total. The van der Waals surface area contributed by atoms with Gasteiger partial charge in [0.05, 0.1) is 11.3 Å². The number of ether oxygens (including phenoxy) is 1. The number of nitrogens with zero attached hydrogens (tertiary/aromatic N) is 2. The second-order valence-corrected chi connectivity index (χ2v) is 5.62. The molecule has 2 heterocycles. The highest BCUT2D eigenvalue weighted by molar-refractivity contribution is 7.15. The first-order chi connectivity index (χ1) is 10.5.